The molecule has 0 heterocycles. The van der Waals surface area contributed by atoms with E-state index in [1.165, 1.54) is 7.11 Å². The fourth-order valence-electron chi connectivity index (χ4n) is 1.45. The molecule has 4 heteroatoms. The Morgan fingerprint density at radius 2 is 2.00 bits per heavy atom. The van der Waals surface area contributed by atoms with Gasteiger partial charge in [0.1, 0.15) is 0 Å². The second-order valence-corrected chi connectivity index (χ2v) is 4.54. The number of nitrogens with two attached hydrogens (primary N) is 1. The van der Waals surface area contributed by atoms with Crippen molar-refractivity contribution in [3.8, 4) is 11.5 Å². The molecule has 0 aliphatic rings. The molecule has 84 valence electrons. The van der Waals surface area contributed by atoms with Gasteiger partial charge in [-0.05, 0) is 26.8 Å². The largest absolute Gasteiger partial charge is 0.504 e. The van der Waals surface area contributed by atoms with Gasteiger partial charge in [-0.3, -0.25) is 0 Å². The number of halogens is 1. The van der Waals surface area contributed by atoms with Gasteiger partial charge < -0.3 is 15.6 Å². The molecule has 0 bridgehead atoms. The quantitative estimate of drug-likeness (QED) is 0.820. The van der Waals surface area contributed by atoms with Crippen LogP contribution in [0.25, 0.3) is 0 Å². The SMILES string of the molecule is COc1c(C)c(Cl)cc(C(C)(C)N)c1O. The number of phenolic OH excluding ortho intramolecular Hbond substituents is 1. The summed E-state index contributed by atoms with van der Waals surface area (Å²) in [5, 5.41) is 10.5. The highest BCUT2D eigenvalue weighted by Crippen LogP contribution is 2.41. The number of rotatable bonds is 2. The van der Waals surface area contributed by atoms with E-state index in [4.69, 9.17) is 22.1 Å². The molecular formula is C11H16ClNO2. The van der Waals surface area contributed by atoms with Crippen LogP contribution in [0, 0.1) is 6.92 Å². The highest BCUT2D eigenvalue weighted by atomic mass is 35.5. The Labute approximate surface area is 94.8 Å². The summed E-state index contributed by atoms with van der Waals surface area (Å²) in [6, 6.07) is 1.68. The van der Waals surface area contributed by atoms with Gasteiger partial charge in [-0.15, -0.1) is 0 Å². The van der Waals surface area contributed by atoms with Crippen LogP contribution >= 0.6 is 11.6 Å². The lowest BCUT2D eigenvalue weighted by molar-refractivity contribution is 0.360. The maximum atomic E-state index is 9.97. The summed E-state index contributed by atoms with van der Waals surface area (Å²) in [6.07, 6.45) is 0. The van der Waals surface area contributed by atoms with Crippen LogP contribution < -0.4 is 10.5 Å². The van der Waals surface area contributed by atoms with Crippen LogP contribution in [0.1, 0.15) is 25.0 Å². The van der Waals surface area contributed by atoms with Crippen molar-refractivity contribution in [2.75, 3.05) is 7.11 Å². The van der Waals surface area contributed by atoms with E-state index in [0.29, 0.717) is 21.9 Å². The van der Waals surface area contributed by atoms with Crippen molar-refractivity contribution in [1.29, 1.82) is 0 Å². The first kappa shape index (κ1) is 12.1. The molecule has 1 aromatic carbocycles. The molecule has 0 amide bonds. The summed E-state index contributed by atoms with van der Waals surface area (Å²) in [6.45, 7) is 5.38. The van der Waals surface area contributed by atoms with Crippen molar-refractivity contribution >= 4 is 11.6 Å². The molecule has 1 rings (SSSR count). The fraction of sp³-hybridized carbons (Fsp3) is 0.455. The molecule has 0 atom stereocenters. The summed E-state index contributed by atoms with van der Waals surface area (Å²) < 4.78 is 5.10. The molecule has 0 unspecified atom stereocenters. The Balaban J connectivity index is 3.51. The van der Waals surface area contributed by atoms with Crippen LogP contribution in [0.4, 0.5) is 0 Å². The lowest BCUT2D eigenvalue weighted by Gasteiger charge is -2.23. The first-order valence-corrected chi connectivity index (χ1v) is 5.02. The van der Waals surface area contributed by atoms with Gasteiger partial charge in [0.25, 0.3) is 0 Å². The molecule has 0 aliphatic heterocycles. The highest BCUT2D eigenvalue weighted by Gasteiger charge is 2.23. The van der Waals surface area contributed by atoms with Crippen molar-refractivity contribution in [1.82, 2.24) is 0 Å². The van der Waals surface area contributed by atoms with E-state index in [1.54, 1.807) is 26.8 Å². The molecular weight excluding hydrogens is 214 g/mol. The summed E-state index contributed by atoms with van der Waals surface area (Å²) in [5.74, 6) is 0.447. The van der Waals surface area contributed by atoms with Crippen molar-refractivity contribution in [3.05, 3.63) is 22.2 Å². The molecule has 0 aromatic heterocycles. The minimum absolute atomic E-state index is 0.0619. The van der Waals surface area contributed by atoms with Crippen LogP contribution in [0.5, 0.6) is 11.5 Å². The zero-order chi connectivity index (χ0) is 11.8. The number of methoxy groups -OCH3 is 1. The highest BCUT2D eigenvalue weighted by molar-refractivity contribution is 6.31. The van der Waals surface area contributed by atoms with Crippen molar-refractivity contribution in [2.45, 2.75) is 26.3 Å². The molecule has 0 fully saturated rings. The third kappa shape index (κ3) is 2.19. The molecule has 0 aliphatic carbocycles. The van der Waals surface area contributed by atoms with E-state index in [2.05, 4.69) is 0 Å². The molecule has 3 nitrogen and oxygen atoms in total. The lowest BCUT2D eigenvalue weighted by Crippen LogP contribution is -2.28. The number of hydrogen-bond donors (Lipinski definition) is 2. The topological polar surface area (TPSA) is 55.5 Å². The molecule has 0 saturated carbocycles. The van der Waals surface area contributed by atoms with E-state index in [1.807, 2.05) is 0 Å². The Morgan fingerprint density at radius 3 is 2.40 bits per heavy atom. The Kier molecular flexibility index (Phi) is 3.16. The van der Waals surface area contributed by atoms with Gasteiger partial charge in [0.2, 0.25) is 0 Å². The zero-order valence-corrected chi connectivity index (χ0v) is 10.1. The zero-order valence-electron chi connectivity index (χ0n) is 9.39. The molecule has 0 spiro atoms. The summed E-state index contributed by atoms with van der Waals surface area (Å²) in [7, 11) is 1.49. The molecule has 0 radical (unpaired) electrons. The smallest absolute Gasteiger partial charge is 0.165 e. The summed E-state index contributed by atoms with van der Waals surface area (Å²) in [5.41, 5.74) is 6.56. The van der Waals surface area contributed by atoms with Gasteiger partial charge in [0.15, 0.2) is 11.5 Å². The van der Waals surface area contributed by atoms with Gasteiger partial charge in [-0.25, -0.2) is 0 Å². The van der Waals surface area contributed by atoms with Crippen LogP contribution in [0.3, 0.4) is 0 Å². The maximum absolute atomic E-state index is 9.97. The molecule has 3 N–H and O–H groups in total. The van der Waals surface area contributed by atoms with E-state index in [-0.39, 0.29) is 5.75 Å². The number of ether oxygens (including phenoxy) is 1. The Hall–Kier alpha value is -0.930. The van der Waals surface area contributed by atoms with Crippen molar-refractivity contribution in [3.63, 3.8) is 0 Å². The van der Waals surface area contributed by atoms with E-state index >= 15 is 0 Å². The predicted octanol–water partition coefficient (Wildman–Crippen LogP) is 2.56. The fourth-order valence-corrected chi connectivity index (χ4v) is 1.65. The second-order valence-electron chi connectivity index (χ2n) is 4.13. The molecule has 0 saturated heterocycles. The summed E-state index contributed by atoms with van der Waals surface area (Å²) >= 11 is 6.03. The number of benzene rings is 1. The van der Waals surface area contributed by atoms with E-state index in [9.17, 15) is 5.11 Å². The van der Waals surface area contributed by atoms with Gasteiger partial charge >= 0.3 is 0 Å². The third-order valence-electron chi connectivity index (χ3n) is 2.34. The normalized spacial score (nSPS) is 11.6. The van der Waals surface area contributed by atoms with Crippen LogP contribution in [0.2, 0.25) is 5.02 Å². The predicted molar refractivity (Wildman–Crippen MR) is 61.6 cm³/mol. The first-order chi connectivity index (χ1) is 6.79. The lowest BCUT2D eigenvalue weighted by atomic mass is 9.93. The molecule has 15 heavy (non-hydrogen) atoms. The number of aromatic hydroxyl groups is 1. The van der Waals surface area contributed by atoms with Gasteiger partial charge in [0, 0.05) is 21.7 Å². The van der Waals surface area contributed by atoms with Crippen molar-refractivity contribution < 1.29 is 9.84 Å². The van der Waals surface area contributed by atoms with Crippen LogP contribution in [-0.2, 0) is 5.54 Å². The van der Waals surface area contributed by atoms with Gasteiger partial charge in [0.05, 0.1) is 7.11 Å². The van der Waals surface area contributed by atoms with Gasteiger partial charge in [-0.2, -0.15) is 0 Å². The minimum atomic E-state index is -0.658. The number of hydrogen-bond acceptors (Lipinski definition) is 3. The Bertz CT molecular complexity index is 383. The summed E-state index contributed by atoms with van der Waals surface area (Å²) in [4.78, 5) is 0. The third-order valence-corrected chi connectivity index (χ3v) is 2.73. The average Bonchev–Trinajstić information content (AvgIpc) is 2.10. The van der Waals surface area contributed by atoms with Crippen LogP contribution in [-0.4, -0.2) is 12.2 Å². The standard InChI is InChI=1S/C11H16ClNO2/c1-6-8(12)5-7(11(2,3)13)9(14)10(6)15-4/h5,14H,13H2,1-4H3. The molecule has 1 aromatic rings. The first-order valence-electron chi connectivity index (χ1n) is 4.64. The van der Waals surface area contributed by atoms with Gasteiger partial charge in [-0.1, -0.05) is 11.6 Å². The minimum Gasteiger partial charge on any atom is -0.504 e. The number of phenols is 1. The van der Waals surface area contributed by atoms with E-state index in [0.717, 1.165) is 0 Å². The van der Waals surface area contributed by atoms with Crippen molar-refractivity contribution in [2.24, 2.45) is 5.73 Å². The second kappa shape index (κ2) is 3.91. The van der Waals surface area contributed by atoms with Crippen LogP contribution in [0.15, 0.2) is 6.07 Å². The van der Waals surface area contributed by atoms with E-state index < -0.39 is 5.54 Å². The average molecular weight is 230 g/mol. The Morgan fingerprint density at radius 1 is 1.47 bits per heavy atom. The maximum Gasteiger partial charge on any atom is 0.165 e. The monoisotopic (exact) mass is 229 g/mol.